The maximum Gasteiger partial charge on any atom is 0.0726 e. The van der Waals surface area contributed by atoms with Crippen LogP contribution in [-0.2, 0) is 6.42 Å². The molecule has 0 spiro atoms. The molecule has 1 aromatic carbocycles. The topological polar surface area (TPSA) is 24.9 Å². The van der Waals surface area contributed by atoms with Crippen LogP contribution in [0.4, 0.5) is 5.69 Å². The number of hydrogen-bond acceptors (Lipinski definition) is 2. The summed E-state index contributed by atoms with van der Waals surface area (Å²) in [5.74, 6) is 0.705. The van der Waals surface area contributed by atoms with Crippen LogP contribution in [0.5, 0.6) is 0 Å². The lowest BCUT2D eigenvalue weighted by Crippen LogP contribution is -1.96. The van der Waals surface area contributed by atoms with Crippen molar-refractivity contribution in [2.24, 2.45) is 0 Å². The number of fused-ring (bicyclic) bond motifs is 1. The minimum atomic E-state index is 0.705. The van der Waals surface area contributed by atoms with Gasteiger partial charge in [-0.25, -0.2) is 0 Å². The van der Waals surface area contributed by atoms with Crippen LogP contribution in [0.25, 0.3) is 10.9 Å². The van der Waals surface area contributed by atoms with Gasteiger partial charge in [-0.2, -0.15) is 0 Å². The molecule has 0 unspecified atom stereocenters. The van der Waals surface area contributed by atoms with Crippen LogP contribution in [0.3, 0.4) is 0 Å². The summed E-state index contributed by atoms with van der Waals surface area (Å²) in [6, 6.07) is 8.97. The molecule has 2 nitrogen and oxygen atoms in total. The maximum atomic E-state index is 4.83. The van der Waals surface area contributed by atoms with Crippen molar-refractivity contribution in [1.29, 1.82) is 0 Å². The molecule has 1 saturated carbocycles. The van der Waals surface area contributed by atoms with Gasteiger partial charge in [0.05, 0.1) is 5.52 Å². The predicted molar refractivity (Wildman–Crippen MR) is 81.9 cm³/mol. The maximum absolute atomic E-state index is 4.83. The fourth-order valence-corrected chi connectivity index (χ4v) is 2.62. The molecule has 1 aromatic heterocycles. The first kappa shape index (κ1) is 12.5. The van der Waals surface area contributed by atoms with Gasteiger partial charge in [0.25, 0.3) is 0 Å². The quantitative estimate of drug-likeness (QED) is 0.850. The summed E-state index contributed by atoms with van der Waals surface area (Å²) in [6.07, 6.45) is 6.27. The van der Waals surface area contributed by atoms with Gasteiger partial charge >= 0.3 is 0 Å². The lowest BCUT2D eigenvalue weighted by molar-refractivity contribution is 0.796. The number of aromatic nitrogens is 1. The molecule has 1 aliphatic rings. The van der Waals surface area contributed by atoms with Crippen LogP contribution in [0.2, 0.25) is 0 Å². The van der Waals surface area contributed by atoms with E-state index >= 15 is 0 Å². The molecule has 1 N–H and O–H groups in total. The first-order valence-corrected chi connectivity index (χ1v) is 7.43. The van der Waals surface area contributed by atoms with Crippen molar-refractivity contribution in [3.8, 4) is 0 Å². The summed E-state index contributed by atoms with van der Waals surface area (Å²) in [5, 5.41) is 4.60. The number of nitrogens with zero attached hydrogens (tertiary/aromatic N) is 1. The van der Waals surface area contributed by atoms with Crippen molar-refractivity contribution >= 4 is 16.6 Å². The highest BCUT2D eigenvalue weighted by Crippen LogP contribution is 2.41. The van der Waals surface area contributed by atoms with Crippen molar-refractivity contribution in [3.05, 3.63) is 35.5 Å². The van der Waals surface area contributed by atoms with Gasteiger partial charge in [0.2, 0.25) is 0 Å². The van der Waals surface area contributed by atoms with Crippen molar-refractivity contribution < 1.29 is 0 Å². The normalized spacial score (nSPS) is 14.8. The van der Waals surface area contributed by atoms with E-state index in [0.29, 0.717) is 5.92 Å². The molecular formula is C17H22N2. The lowest BCUT2D eigenvalue weighted by Gasteiger charge is -2.10. The minimum Gasteiger partial charge on any atom is -0.388 e. The molecule has 0 radical (unpaired) electrons. The Morgan fingerprint density at radius 3 is 2.79 bits per heavy atom. The van der Waals surface area contributed by atoms with Crippen LogP contribution in [0.1, 0.15) is 49.8 Å². The Balaban J connectivity index is 2.03. The smallest absolute Gasteiger partial charge is 0.0726 e. The molecule has 0 aliphatic heterocycles. The number of anilines is 1. The second kappa shape index (κ2) is 5.20. The van der Waals surface area contributed by atoms with Gasteiger partial charge in [-0.3, -0.25) is 4.98 Å². The van der Waals surface area contributed by atoms with Crippen LogP contribution in [0, 0.1) is 0 Å². The van der Waals surface area contributed by atoms with Gasteiger partial charge in [0.1, 0.15) is 0 Å². The Kier molecular flexibility index (Phi) is 3.41. The average Bonchev–Trinajstić information content (AvgIpc) is 3.28. The van der Waals surface area contributed by atoms with E-state index in [1.54, 1.807) is 0 Å². The van der Waals surface area contributed by atoms with E-state index in [1.165, 1.54) is 54.4 Å². The SMILES string of the molecule is CCCCc1ccc2nc(C3CC3)cc(NC)c2c1. The van der Waals surface area contributed by atoms with Crippen molar-refractivity contribution in [1.82, 2.24) is 4.98 Å². The predicted octanol–water partition coefficient (Wildman–Crippen LogP) is 4.50. The van der Waals surface area contributed by atoms with Crippen molar-refractivity contribution in [2.45, 2.75) is 44.9 Å². The summed E-state index contributed by atoms with van der Waals surface area (Å²) in [4.78, 5) is 4.83. The first-order chi connectivity index (χ1) is 9.31. The lowest BCUT2D eigenvalue weighted by atomic mass is 10.0. The summed E-state index contributed by atoms with van der Waals surface area (Å²) in [7, 11) is 2.00. The van der Waals surface area contributed by atoms with E-state index in [9.17, 15) is 0 Å². The van der Waals surface area contributed by atoms with E-state index in [-0.39, 0.29) is 0 Å². The van der Waals surface area contributed by atoms with E-state index in [1.807, 2.05) is 7.05 Å². The summed E-state index contributed by atoms with van der Waals surface area (Å²) in [5.41, 5.74) is 5.05. The minimum absolute atomic E-state index is 0.705. The van der Waals surface area contributed by atoms with Crippen molar-refractivity contribution in [3.63, 3.8) is 0 Å². The van der Waals surface area contributed by atoms with Gasteiger partial charge < -0.3 is 5.32 Å². The fourth-order valence-electron chi connectivity index (χ4n) is 2.62. The molecule has 1 aliphatic carbocycles. The third kappa shape index (κ3) is 2.58. The van der Waals surface area contributed by atoms with Crippen molar-refractivity contribution in [2.75, 3.05) is 12.4 Å². The standard InChI is InChI=1S/C17H22N2/c1-3-4-5-12-6-9-15-14(10-12)17(18-2)11-16(19-15)13-7-8-13/h6,9-11,13H,3-5,7-8H2,1-2H3,(H,18,19). The number of rotatable bonds is 5. The Morgan fingerprint density at radius 1 is 1.26 bits per heavy atom. The molecule has 3 rings (SSSR count). The number of benzene rings is 1. The molecule has 2 heteroatoms. The zero-order chi connectivity index (χ0) is 13.2. The van der Waals surface area contributed by atoms with Gasteiger partial charge in [-0.1, -0.05) is 19.4 Å². The molecule has 0 bridgehead atoms. The third-order valence-electron chi connectivity index (χ3n) is 3.98. The first-order valence-electron chi connectivity index (χ1n) is 7.43. The Labute approximate surface area is 115 Å². The van der Waals surface area contributed by atoms with Gasteiger partial charge in [-0.05, 0) is 49.4 Å². The average molecular weight is 254 g/mol. The van der Waals surface area contributed by atoms with E-state index in [4.69, 9.17) is 4.98 Å². The summed E-state index contributed by atoms with van der Waals surface area (Å²) in [6.45, 7) is 2.24. The molecule has 100 valence electrons. The van der Waals surface area contributed by atoms with E-state index in [2.05, 4.69) is 36.5 Å². The number of aryl methyl sites for hydroxylation is 1. The Morgan fingerprint density at radius 2 is 2.11 bits per heavy atom. The second-order valence-electron chi connectivity index (χ2n) is 5.57. The largest absolute Gasteiger partial charge is 0.388 e. The monoisotopic (exact) mass is 254 g/mol. The van der Waals surface area contributed by atoms with E-state index < -0.39 is 0 Å². The number of hydrogen-bond donors (Lipinski definition) is 1. The second-order valence-corrected chi connectivity index (χ2v) is 5.57. The number of pyridine rings is 1. The highest BCUT2D eigenvalue weighted by molar-refractivity contribution is 5.92. The molecule has 1 heterocycles. The van der Waals surface area contributed by atoms with Gasteiger partial charge in [-0.15, -0.1) is 0 Å². The van der Waals surface area contributed by atoms with Crippen LogP contribution in [0.15, 0.2) is 24.3 Å². The molecular weight excluding hydrogens is 232 g/mol. The van der Waals surface area contributed by atoms with Crippen LogP contribution < -0.4 is 5.32 Å². The molecule has 0 amide bonds. The molecule has 0 saturated heterocycles. The van der Waals surface area contributed by atoms with Crippen LogP contribution in [-0.4, -0.2) is 12.0 Å². The molecule has 19 heavy (non-hydrogen) atoms. The van der Waals surface area contributed by atoms with E-state index in [0.717, 1.165) is 5.52 Å². The third-order valence-corrected chi connectivity index (χ3v) is 3.98. The Hall–Kier alpha value is -1.57. The van der Waals surface area contributed by atoms with Gasteiger partial charge in [0.15, 0.2) is 0 Å². The summed E-state index contributed by atoms with van der Waals surface area (Å²) < 4.78 is 0. The highest BCUT2D eigenvalue weighted by atomic mass is 14.8. The highest BCUT2D eigenvalue weighted by Gasteiger charge is 2.25. The fraction of sp³-hybridized carbons (Fsp3) is 0.471. The number of unbranched alkanes of at least 4 members (excludes halogenated alkanes) is 1. The number of nitrogens with one attached hydrogen (secondary N) is 1. The molecule has 1 fully saturated rings. The Bertz CT molecular complexity index is 585. The van der Waals surface area contributed by atoms with Gasteiger partial charge in [0, 0.05) is 29.7 Å². The van der Waals surface area contributed by atoms with Crippen LogP contribution >= 0.6 is 0 Å². The molecule has 0 atom stereocenters. The molecule has 2 aromatic rings. The zero-order valence-corrected chi connectivity index (χ0v) is 11.9. The summed E-state index contributed by atoms with van der Waals surface area (Å²) >= 11 is 0. The zero-order valence-electron chi connectivity index (χ0n) is 11.9.